The van der Waals surface area contributed by atoms with Crippen LogP contribution in [0.4, 0.5) is 10.5 Å². The number of hydrogen-bond acceptors (Lipinski definition) is 9. The number of nitrogens with zero attached hydrogens (tertiary/aromatic N) is 1. The molecule has 1 aromatic heterocycles. The second-order valence-corrected chi connectivity index (χ2v) is 9.69. The van der Waals surface area contributed by atoms with Gasteiger partial charge in [0.2, 0.25) is 11.7 Å². The maximum Gasteiger partial charge on any atom is 0.373 e. The molecule has 3 amide bonds. The fourth-order valence-electron chi connectivity index (χ4n) is 3.37. The molecule has 1 N–H and O–H groups in total. The molecular formula is C26H21BrN2O8S. The predicted octanol–water partition coefficient (Wildman–Crippen LogP) is 5.09. The third kappa shape index (κ3) is 6.45. The van der Waals surface area contributed by atoms with Gasteiger partial charge in [0.05, 0.1) is 19.1 Å². The van der Waals surface area contributed by atoms with Gasteiger partial charge in [-0.3, -0.25) is 19.3 Å². The number of rotatable bonds is 9. The lowest BCUT2D eigenvalue weighted by atomic mass is 10.2. The number of carbonyl (C=O) groups excluding carboxylic acids is 4. The van der Waals surface area contributed by atoms with Crippen molar-refractivity contribution in [2.24, 2.45) is 0 Å². The van der Waals surface area contributed by atoms with Crippen molar-refractivity contribution in [3.8, 4) is 11.5 Å². The Bertz CT molecular complexity index is 1420. The van der Waals surface area contributed by atoms with Gasteiger partial charge >= 0.3 is 5.97 Å². The number of carbonyl (C=O) groups is 4. The predicted molar refractivity (Wildman–Crippen MR) is 143 cm³/mol. The minimum Gasteiger partial charge on any atom is -0.493 e. The molecule has 2 heterocycles. The first-order valence-electron chi connectivity index (χ1n) is 11.1. The molecule has 4 rings (SSSR count). The van der Waals surface area contributed by atoms with Gasteiger partial charge in [-0.05, 0) is 71.9 Å². The first kappa shape index (κ1) is 27.0. The summed E-state index contributed by atoms with van der Waals surface area (Å²) in [7, 11) is 2.72. The second kappa shape index (κ2) is 12.0. The lowest BCUT2D eigenvalue weighted by Gasteiger charge is -2.12. The Morgan fingerprint density at radius 1 is 1.05 bits per heavy atom. The standard InChI is InChI=1S/C26H21BrN2O8S/c1-34-21-11-15(3-9-19(21)36-14-18-8-10-20(37-18)25(32)35-2)12-22-24(31)29(26(33)38-22)13-23(30)28-17-6-4-16(27)5-7-17/h3-12H,13-14H2,1-2H3,(H,28,30)/b22-12+. The third-order valence-corrected chi connectivity index (χ3v) is 6.64. The van der Waals surface area contributed by atoms with Crippen molar-refractivity contribution >= 4 is 62.5 Å². The second-order valence-electron chi connectivity index (χ2n) is 7.78. The summed E-state index contributed by atoms with van der Waals surface area (Å²) in [5, 5.41) is 2.12. The summed E-state index contributed by atoms with van der Waals surface area (Å²) >= 11 is 4.07. The van der Waals surface area contributed by atoms with Crippen LogP contribution in [0.15, 0.2) is 68.4 Å². The van der Waals surface area contributed by atoms with Gasteiger partial charge in [0, 0.05) is 10.2 Å². The van der Waals surface area contributed by atoms with Crippen LogP contribution < -0.4 is 14.8 Å². The number of nitrogens with one attached hydrogen (secondary N) is 1. The van der Waals surface area contributed by atoms with Gasteiger partial charge < -0.3 is 23.9 Å². The van der Waals surface area contributed by atoms with E-state index in [4.69, 9.17) is 13.9 Å². The van der Waals surface area contributed by atoms with Crippen molar-refractivity contribution in [1.29, 1.82) is 0 Å². The van der Waals surface area contributed by atoms with Crippen LogP contribution >= 0.6 is 27.7 Å². The zero-order valence-corrected chi connectivity index (χ0v) is 22.6. The van der Waals surface area contributed by atoms with Crippen LogP contribution in [0.3, 0.4) is 0 Å². The molecule has 3 aromatic rings. The van der Waals surface area contributed by atoms with Crippen LogP contribution in [-0.2, 0) is 20.9 Å². The Hall–Kier alpha value is -4.03. The van der Waals surface area contributed by atoms with Gasteiger partial charge in [0.15, 0.2) is 11.5 Å². The molecule has 0 saturated carbocycles. The van der Waals surface area contributed by atoms with Crippen LogP contribution in [0.1, 0.15) is 21.9 Å². The number of furan rings is 1. The molecule has 0 aliphatic carbocycles. The van der Waals surface area contributed by atoms with E-state index in [-0.39, 0.29) is 17.3 Å². The van der Waals surface area contributed by atoms with Gasteiger partial charge in [-0.15, -0.1) is 0 Å². The van der Waals surface area contributed by atoms with E-state index in [0.29, 0.717) is 28.5 Å². The molecule has 2 aromatic carbocycles. The molecule has 1 saturated heterocycles. The van der Waals surface area contributed by atoms with Crippen molar-refractivity contribution in [3.05, 3.63) is 81.1 Å². The molecule has 0 spiro atoms. The largest absolute Gasteiger partial charge is 0.493 e. The Labute approximate surface area is 230 Å². The average molecular weight is 601 g/mol. The van der Waals surface area contributed by atoms with Crippen LogP contribution in [0, 0.1) is 0 Å². The van der Waals surface area contributed by atoms with E-state index in [9.17, 15) is 19.2 Å². The zero-order chi connectivity index (χ0) is 27.2. The lowest BCUT2D eigenvalue weighted by Crippen LogP contribution is -2.36. The molecule has 10 nitrogen and oxygen atoms in total. The summed E-state index contributed by atoms with van der Waals surface area (Å²) in [6.45, 7) is -0.369. The van der Waals surface area contributed by atoms with E-state index >= 15 is 0 Å². The highest BCUT2D eigenvalue weighted by molar-refractivity contribution is 9.10. The highest BCUT2D eigenvalue weighted by atomic mass is 79.9. The van der Waals surface area contributed by atoms with E-state index in [0.717, 1.165) is 21.1 Å². The molecule has 1 aliphatic rings. The number of benzene rings is 2. The number of methoxy groups -OCH3 is 2. The SMILES string of the molecule is COC(=O)c1ccc(COc2ccc(/C=C3/SC(=O)N(CC(=O)Nc4ccc(Br)cc4)C3=O)cc2OC)o1. The van der Waals surface area contributed by atoms with Crippen LogP contribution in [0.5, 0.6) is 11.5 Å². The average Bonchev–Trinajstić information content (AvgIpc) is 3.49. The van der Waals surface area contributed by atoms with Crippen molar-refractivity contribution in [1.82, 2.24) is 4.90 Å². The van der Waals surface area contributed by atoms with E-state index in [1.807, 2.05) is 0 Å². The zero-order valence-electron chi connectivity index (χ0n) is 20.2. The smallest absolute Gasteiger partial charge is 0.373 e. The Kier molecular flexibility index (Phi) is 8.54. The maximum absolute atomic E-state index is 12.8. The topological polar surface area (TPSA) is 124 Å². The highest BCUT2D eigenvalue weighted by Crippen LogP contribution is 2.35. The minimum atomic E-state index is -0.590. The summed E-state index contributed by atoms with van der Waals surface area (Å²) in [5.41, 5.74) is 1.14. The normalized spacial score (nSPS) is 14.1. The molecule has 0 bridgehead atoms. The number of amides is 3. The van der Waals surface area contributed by atoms with Crippen LogP contribution in [-0.4, -0.2) is 48.7 Å². The molecule has 38 heavy (non-hydrogen) atoms. The highest BCUT2D eigenvalue weighted by Gasteiger charge is 2.36. The van der Waals surface area contributed by atoms with Crippen molar-refractivity contribution in [2.45, 2.75) is 6.61 Å². The Morgan fingerprint density at radius 2 is 1.82 bits per heavy atom. The van der Waals surface area contributed by atoms with Gasteiger partial charge in [-0.2, -0.15) is 0 Å². The first-order chi connectivity index (χ1) is 18.3. The van der Waals surface area contributed by atoms with Gasteiger partial charge in [0.1, 0.15) is 18.9 Å². The number of thioether (sulfide) groups is 1. The minimum absolute atomic E-state index is 0.0356. The molecule has 0 atom stereocenters. The maximum atomic E-state index is 12.8. The number of anilines is 1. The quantitative estimate of drug-likeness (QED) is 0.264. The lowest BCUT2D eigenvalue weighted by molar-refractivity contribution is -0.127. The summed E-state index contributed by atoms with van der Waals surface area (Å²) in [5.74, 6) is -0.390. The third-order valence-electron chi connectivity index (χ3n) is 5.21. The molecule has 1 fully saturated rings. The molecular weight excluding hydrogens is 580 g/mol. The number of halogens is 1. The summed E-state index contributed by atoms with van der Waals surface area (Å²) in [4.78, 5) is 50.3. The van der Waals surface area contributed by atoms with Gasteiger partial charge in [0.25, 0.3) is 11.1 Å². The molecule has 196 valence electrons. The fraction of sp³-hybridized carbons (Fsp3) is 0.154. The summed E-state index contributed by atoms with van der Waals surface area (Å²) < 4.78 is 22.0. The number of ether oxygens (including phenoxy) is 3. The first-order valence-corrected chi connectivity index (χ1v) is 12.7. The van der Waals surface area contributed by atoms with E-state index in [1.54, 1.807) is 54.6 Å². The van der Waals surface area contributed by atoms with Crippen molar-refractivity contribution in [2.75, 3.05) is 26.1 Å². The monoisotopic (exact) mass is 600 g/mol. The Morgan fingerprint density at radius 3 is 2.53 bits per heavy atom. The summed E-state index contributed by atoms with van der Waals surface area (Å²) in [6, 6.07) is 15.0. The number of imide groups is 1. The number of esters is 1. The molecule has 0 unspecified atom stereocenters. The van der Waals surface area contributed by atoms with Crippen LogP contribution in [0.2, 0.25) is 0 Å². The van der Waals surface area contributed by atoms with Gasteiger partial charge in [-0.25, -0.2) is 4.79 Å². The van der Waals surface area contributed by atoms with E-state index in [1.165, 1.54) is 20.3 Å². The Balaban J connectivity index is 1.40. The molecule has 0 radical (unpaired) electrons. The summed E-state index contributed by atoms with van der Waals surface area (Å²) in [6.07, 6.45) is 1.54. The number of hydrogen-bond donors (Lipinski definition) is 1. The van der Waals surface area contributed by atoms with E-state index in [2.05, 4.69) is 26.0 Å². The molecule has 1 aliphatic heterocycles. The van der Waals surface area contributed by atoms with Gasteiger partial charge in [-0.1, -0.05) is 22.0 Å². The van der Waals surface area contributed by atoms with E-state index < -0.39 is 29.6 Å². The van der Waals surface area contributed by atoms with Crippen molar-refractivity contribution < 1.29 is 37.8 Å². The molecule has 12 heteroatoms. The van der Waals surface area contributed by atoms with Crippen molar-refractivity contribution in [3.63, 3.8) is 0 Å². The van der Waals surface area contributed by atoms with Crippen LogP contribution in [0.25, 0.3) is 6.08 Å². The fourth-order valence-corrected chi connectivity index (χ4v) is 4.48.